The molecule has 0 atom stereocenters. The average molecular weight is 281 g/mol. The van der Waals surface area contributed by atoms with E-state index in [-0.39, 0.29) is 12.2 Å². The van der Waals surface area contributed by atoms with Gasteiger partial charge in [-0.1, -0.05) is 13.8 Å². The summed E-state index contributed by atoms with van der Waals surface area (Å²) in [4.78, 5) is 30.6. The van der Waals surface area contributed by atoms with Crippen LogP contribution >= 0.6 is 0 Å². The lowest BCUT2D eigenvalue weighted by Gasteiger charge is -2.27. The molecule has 0 saturated heterocycles. The maximum Gasteiger partial charge on any atom is 0.358 e. The van der Waals surface area contributed by atoms with Crippen molar-refractivity contribution in [2.45, 2.75) is 26.7 Å². The molecule has 0 radical (unpaired) electrons. The molecule has 1 rings (SSSR count). The van der Waals surface area contributed by atoms with E-state index in [1.54, 1.807) is 0 Å². The zero-order chi connectivity index (χ0) is 15.2. The van der Waals surface area contributed by atoms with Crippen LogP contribution in [0.3, 0.4) is 0 Å². The lowest BCUT2D eigenvalue weighted by molar-refractivity contribution is -0.148. The van der Waals surface area contributed by atoms with Gasteiger partial charge in [0.25, 0.3) is 0 Å². The van der Waals surface area contributed by atoms with Gasteiger partial charge < -0.3 is 15.2 Å². The van der Waals surface area contributed by atoms with Crippen LogP contribution in [0.25, 0.3) is 0 Å². The predicted molar refractivity (Wildman–Crippen MR) is 72.5 cm³/mol. The molecule has 0 spiro atoms. The number of carboxylic acid groups (broad SMARTS) is 1. The summed E-state index contributed by atoms with van der Waals surface area (Å²) in [7, 11) is 1.26. The number of ether oxygens (including phenoxy) is 1. The summed E-state index contributed by atoms with van der Waals surface area (Å²) in [6.45, 7) is 3.88. The summed E-state index contributed by atoms with van der Waals surface area (Å²) in [5.41, 5.74) is -0.783. The van der Waals surface area contributed by atoms with Crippen molar-refractivity contribution < 1.29 is 19.4 Å². The summed E-state index contributed by atoms with van der Waals surface area (Å²) < 4.78 is 4.55. The second kappa shape index (κ2) is 6.83. The molecule has 0 aliphatic carbocycles. The van der Waals surface area contributed by atoms with Gasteiger partial charge in [0.05, 0.1) is 24.9 Å². The van der Waals surface area contributed by atoms with Crippen LogP contribution in [0.1, 0.15) is 37.2 Å². The van der Waals surface area contributed by atoms with Gasteiger partial charge in [0.15, 0.2) is 5.69 Å². The Bertz CT molecular complexity index is 486. The number of aromatic nitrogens is 2. The number of rotatable bonds is 7. The van der Waals surface area contributed by atoms with E-state index in [1.807, 2.05) is 13.8 Å². The number of methoxy groups -OCH3 is 1. The summed E-state index contributed by atoms with van der Waals surface area (Å²) >= 11 is 0. The highest BCUT2D eigenvalue weighted by molar-refractivity contribution is 5.87. The molecular weight excluding hydrogens is 262 g/mol. The molecule has 0 unspecified atom stereocenters. The number of carboxylic acids is 1. The molecule has 0 aliphatic heterocycles. The fourth-order valence-electron chi connectivity index (χ4n) is 1.79. The van der Waals surface area contributed by atoms with Crippen LogP contribution in [0, 0.1) is 5.41 Å². The monoisotopic (exact) mass is 281 g/mol. The van der Waals surface area contributed by atoms with Crippen LogP contribution in [-0.4, -0.2) is 40.7 Å². The lowest BCUT2D eigenvalue weighted by Crippen LogP contribution is -2.37. The first-order valence-electron chi connectivity index (χ1n) is 6.36. The minimum absolute atomic E-state index is 0.0754. The Labute approximate surface area is 117 Å². The minimum atomic E-state index is -0.858. The third-order valence-corrected chi connectivity index (χ3v) is 3.44. The van der Waals surface area contributed by atoms with E-state index in [9.17, 15) is 14.7 Å². The molecule has 0 aromatic carbocycles. The smallest absolute Gasteiger partial charge is 0.358 e. The zero-order valence-corrected chi connectivity index (χ0v) is 11.8. The van der Waals surface area contributed by atoms with E-state index < -0.39 is 17.4 Å². The first-order valence-corrected chi connectivity index (χ1v) is 6.36. The maximum absolute atomic E-state index is 11.4. The van der Waals surface area contributed by atoms with E-state index in [0.717, 1.165) is 0 Å². The molecule has 7 nitrogen and oxygen atoms in total. The largest absolute Gasteiger partial charge is 0.481 e. The van der Waals surface area contributed by atoms with Gasteiger partial charge in [-0.15, -0.1) is 0 Å². The Kier molecular flexibility index (Phi) is 5.42. The van der Waals surface area contributed by atoms with Crippen molar-refractivity contribution in [2.24, 2.45) is 5.41 Å². The van der Waals surface area contributed by atoms with Crippen molar-refractivity contribution in [3.05, 3.63) is 18.1 Å². The van der Waals surface area contributed by atoms with Crippen LogP contribution in [-0.2, 0) is 9.53 Å². The number of carbonyl (C=O) groups excluding carboxylic acids is 1. The van der Waals surface area contributed by atoms with Gasteiger partial charge in [-0.2, -0.15) is 0 Å². The molecule has 0 aliphatic rings. The third-order valence-electron chi connectivity index (χ3n) is 3.44. The van der Waals surface area contributed by atoms with Crippen molar-refractivity contribution in [3.63, 3.8) is 0 Å². The van der Waals surface area contributed by atoms with Crippen LogP contribution in [0.5, 0.6) is 0 Å². The molecule has 7 heteroatoms. The van der Waals surface area contributed by atoms with E-state index >= 15 is 0 Å². The molecule has 1 heterocycles. The highest BCUT2D eigenvalue weighted by atomic mass is 16.5. The molecular formula is C13H19N3O4. The highest BCUT2D eigenvalue weighted by Crippen LogP contribution is 2.26. The Morgan fingerprint density at radius 2 is 2.00 bits per heavy atom. The van der Waals surface area contributed by atoms with E-state index in [2.05, 4.69) is 20.0 Å². The molecule has 1 aromatic heterocycles. The molecule has 0 bridgehead atoms. The molecule has 0 fully saturated rings. The third kappa shape index (κ3) is 3.43. The van der Waals surface area contributed by atoms with Crippen molar-refractivity contribution >= 4 is 17.8 Å². The first kappa shape index (κ1) is 15.9. The fourth-order valence-corrected chi connectivity index (χ4v) is 1.79. The molecule has 2 N–H and O–H groups in total. The van der Waals surface area contributed by atoms with Crippen LogP contribution < -0.4 is 5.32 Å². The van der Waals surface area contributed by atoms with Crippen LogP contribution in [0.4, 0.5) is 5.82 Å². The molecule has 110 valence electrons. The Morgan fingerprint density at radius 1 is 1.35 bits per heavy atom. The van der Waals surface area contributed by atoms with Gasteiger partial charge in [-0.3, -0.25) is 9.78 Å². The van der Waals surface area contributed by atoms with Crippen molar-refractivity contribution in [1.82, 2.24) is 9.97 Å². The maximum atomic E-state index is 11.4. The summed E-state index contributed by atoms with van der Waals surface area (Å²) in [5, 5.41) is 12.3. The second-order valence-corrected chi connectivity index (χ2v) is 4.43. The molecule has 0 saturated carbocycles. The number of aliphatic carboxylic acids is 1. The number of nitrogens with zero attached hydrogens (tertiary/aromatic N) is 2. The van der Waals surface area contributed by atoms with Crippen molar-refractivity contribution in [1.29, 1.82) is 0 Å². The zero-order valence-electron chi connectivity index (χ0n) is 11.8. The average Bonchev–Trinajstić information content (AvgIpc) is 2.48. The Morgan fingerprint density at radius 3 is 2.50 bits per heavy atom. The summed E-state index contributed by atoms with van der Waals surface area (Å²) in [5.74, 6) is -1.09. The highest BCUT2D eigenvalue weighted by Gasteiger charge is 2.34. The number of hydrogen-bond acceptors (Lipinski definition) is 6. The van der Waals surface area contributed by atoms with E-state index in [0.29, 0.717) is 18.7 Å². The first-order chi connectivity index (χ1) is 9.49. The number of nitrogens with one attached hydrogen (secondary N) is 1. The normalized spacial score (nSPS) is 10.9. The number of hydrogen-bond donors (Lipinski definition) is 2. The van der Waals surface area contributed by atoms with Crippen LogP contribution in [0.2, 0.25) is 0 Å². The summed E-state index contributed by atoms with van der Waals surface area (Å²) in [6, 6.07) is 0. The number of esters is 1. The standard InChI is InChI=1S/C13H19N3O4/c1-4-13(5-2,12(18)19)8-15-10-7-14-6-9(16-10)11(17)20-3/h6-7H,4-5,8H2,1-3H3,(H,15,16)(H,18,19). The van der Waals surface area contributed by atoms with Crippen molar-refractivity contribution in [3.8, 4) is 0 Å². The SMILES string of the molecule is CCC(CC)(CNc1cncc(C(=O)OC)n1)C(=O)O. The fraction of sp³-hybridized carbons (Fsp3) is 0.538. The Hall–Kier alpha value is -2.18. The quantitative estimate of drug-likeness (QED) is 0.731. The molecule has 0 amide bonds. The summed E-state index contributed by atoms with van der Waals surface area (Å²) in [6.07, 6.45) is 3.72. The van der Waals surface area contributed by atoms with Gasteiger partial charge >= 0.3 is 11.9 Å². The van der Waals surface area contributed by atoms with Crippen LogP contribution in [0.15, 0.2) is 12.4 Å². The number of anilines is 1. The van der Waals surface area contributed by atoms with E-state index in [1.165, 1.54) is 19.5 Å². The van der Waals surface area contributed by atoms with Gasteiger partial charge in [0.2, 0.25) is 0 Å². The Balaban J connectivity index is 2.83. The van der Waals surface area contributed by atoms with Crippen molar-refractivity contribution in [2.75, 3.05) is 19.0 Å². The minimum Gasteiger partial charge on any atom is -0.481 e. The predicted octanol–water partition coefficient (Wildman–Crippen LogP) is 1.57. The topological polar surface area (TPSA) is 101 Å². The van der Waals surface area contributed by atoms with Gasteiger partial charge in [0.1, 0.15) is 5.82 Å². The van der Waals surface area contributed by atoms with E-state index in [4.69, 9.17) is 0 Å². The lowest BCUT2D eigenvalue weighted by atomic mass is 9.82. The number of carbonyl (C=O) groups is 2. The van der Waals surface area contributed by atoms with Gasteiger partial charge in [-0.05, 0) is 12.8 Å². The molecule has 20 heavy (non-hydrogen) atoms. The molecule has 1 aromatic rings. The second-order valence-electron chi connectivity index (χ2n) is 4.43. The van der Waals surface area contributed by atoms with Gasteiger partial charge in [0, 0.05) is 6.54 Å². The van der Waals surface area contributed by atoms with Gasteiger partial charge in [-0.25, -0.2) is 9.78 Å².